The quantitative estimate of drug-likeness (QED) is 0.742. The maximum absolute atomic E-state index is 5.88. The summed E-state index contributed by atoms with van der Waals surface area (Å²) in [6.45, 7) is 7.00. The van der Waals surface area contributed by atoms with Crippen molar-refractivity contribution in [3.63, 3.8) is 0 Å². The van der Waals surface area contributed by atoms with Crippen molar-refractivity contribution in [2.45, 2.75) is 58.5 Å². The van der Waals surface area contributed by atoms with Gasteiger partial charge in [-0.2, -0.15) is 0 Å². The lowest BCUT2D eigenvalue weighted by atomic mass is 10.0. The Bertz CT molecular complexity index is 594. The summed E-state index contributed by atoms with van der Waals surface area (Å²) in [4.78, 5) is 4.72. The minimum Gasteiger partial charge on any atom is -0.373 e. The van der Waals surface area contributed by atoms with Crippen LogP contribution in [-0.4, -0.2) is 11.6 Å². The first-order valence-corrected chi connectivity index (χ1v) is 8.65. The molecule has 1 aliphatic heterocycles. The Morgan fingerprint density at radius 3 is 2.65 bits per heavy atom. The van der Waals surface area contributed by atoms with Crippen LogP contribution >= 0.6 is 11.3 Å². The number of nitrogens with zero attached hydrogens (tertiary/aromatic N) is 1. The Morgan fingerprint density at radius 1 is 1.20 bits per heavy atom. The molecule has 2 aromatic rings. The number of ether oxygens (including phenoxy) is 1. The fourth-order valence-electron chi connectivity index (χ4n) is 2.91. The molecule has 2 aliphatic rings. The Hall–Kier alpha value is -0.930. The summed E-state index contributed by atoms with van der Waals surface area (Å²) in [5, 5.41) is 1.16. The maximum atomic E-state index is 5.88. The fraction of sp³-hybridized carbons (Fsp3) is 0.588. The summed E-state index contributed by atoms with van der Waals surface area (Å²) < 4.78 is 7.23. The van der Waals surface area contributed by atoms with Crippen LogP contribution in [0, 0.1) is 6.92 Å². The molecular formula is C17H23NOS. The van der Waals surface area contributed by atoms with E-state index in [1.807, 2.05) is 25.2 Å². The van der Waals surface area contributed by atoms with Gasteiger partial charge in [0, 0.05) is 12.2 Å². The van der Waals surface area contributed by atoms with E-state index in [1.165, 1.54) is 40.6 Å². The number of fused-ring (bicyclic) bond motifs is 1. The van der Waals surface area contributed by atoms with Crippen molar-refractivity contribution >= 4 is 21.6 Å². The molecule has 4 rings (SSSR count). The smallest absolute Gasteiger partial charge is 0.0907 e. The summed E-state index contributed by atoms with van der Waals surface area (Å²) >= 11 is 1.82. The van der Waals surface area contributed by atoms with Gasteiger partial charge in [-0.15, -0.1) is 11.3 Å². The predicted molar refractivity (Wildman–Crippen MR) is 85.6 cm³/mol. The molecule has 0 spiro atoms. The average Bonchev–Trinajstić information content (AvgIpc) is 3.03. The maximum Gasteiger partial charge on any atom is 0.0907 e. The van der Waals surface area contributed by atoms with Crippen molar-refractivity contribution in [3.8, 4) is 0 Å². The lowest BCUT2D eigenvalue weighted by molar-refractivity contribution is 0.113. The highest BCUT2D eigenvalue weighted by atomic mass is 32.1. The zero-order valence-electron chi connectivity index (χ0n) is 12.6. The molecule has 108 valence electrons. The van der Waals surface area contributed by atoms with Gasteiger partial charge in [-0.05, 0) is 50.2 Å². The van der Waals surface area contributed by atoms with E-state index in [2.05, 4.69) is 19.1 Å². The first-order chi connectivity index (χ1) is 9.81. The zero-order chi connectivity index (χ0) is 14.1. The normalized spacial score (nSPS) is 21.9. The molecule has 1 atom stereocenters. The van der Waals surface area contributed by atoms with Crippen LogP contribution in [0.4, 0.5) is 0 Å². The number of thiazole rings is 1. The molecule has 0 N–H and O–H groups in total. The van der Waals surface area contributed by atoms with Gasteiger partial charge in [0.2, 0.25) is 0 Å². The van der Waals surface area contributed by atoms with Crippen LogP contribution in [0.5, 0.6) is 0 Å². The third kappa shape index (κ3) is 2.61. The van der Waals surface area contributed by atoms with E-state index in [9.17, 15) is 0 Å². The highest BCUT2D eigenvalue weighted by Gasteiger charge is 2.28. The van der Waals surface area contributed by atoms with Crippen molar-refractivity contribution in [3.05, 3.63) is 28.3 Å². The summed E-state index contributed by atoms with van der Waals surface area (Å²) in [7, 11) is 0. The van der Waals surface area contributed by atoms with Gasteiger partial charge in [-0.1, -0.05) is 19.9 Å². The average molecular weight is 289 g/mol. The summed E-state index contributed by atoms with van der Waals surface area (Å²) in [5.74, 6) is 0.803. The summed E-state index contributed by atoms with van der Waals surface area (Å²) in [6.07, 6.45) is 5.33. The van der Waals surface area contributed by atoms with Gasteiger partial charge < -0.3 is 4.74 Å². The third-order valence-electron chi connectivity index (χ3n) is 3.98. The number of rotatable bonds is 2. The van der Waals surface area contributed by atoms with E-state index >= 15 is 0 Å². The van der Waals surface area contributed by atoms with E-state index in [4.69, 9.17) is 9.72 Å². The molecule has 0 radical (unpaired) electrons. The van der Waals surface area contributed by atoms with Gasteiger partial charge in [0.15, 0.2) is 0 Å². The van der Waals surface area contributed by atoms with Crippen LogP contribution in [-0.2, 0) is 4.74 Å². The van der Waals surface area contributed by atoms with Gasteiger partial charge in [0.25, 0.3) is 0 Å². The molecule has 20 heavy (non-hydrogen) atoms. The van der Waals surface area contributed by atoms with E-state index < -0.39 is 0 Å². The largest absolute Gasteiger partial charge is 0.373 e. The fourth-order valence-corrected chi connectivity index (χ4v) is 3.82. The molecule has 3 heteroatoms. The molecule has 1 aromatic carbocycles. The Morgan fingerprint density at radius 2 is 2.00 bits per heavy atom. The molecule has 2 heterocycles. The lowest BCUT2D eigenvalue weighted by Crippen LogP contribution is -1.98. The van der Waals surface area contributed by atoms with Gasteiger partial charge in [-0.3, -0.25) is 0 Å². The Labute approximate surface area is 125 Å². The van der Waals surface area contributed by atoms with E-state index in [1.54, 1.807) is 0 Å². The Kier molecular flexibility index (Phi) is 4.08. The van der Waals surface area contributed by atoms with Crippen LogP contribution in [0.15, 0.2) is 12.1 Å². The second-order valence-electron chi connectivity index (χ2n) is 5.47. The molecule has 1 saturated heterocycles. The molecule has 0 amide bonds. The summed E-state index contributed by atoms with van der Waals surface area (Å²) in [6, 6.07) is 4.73. The minimum atomic E-state index is 0.285. The first-order valence-electron chi connectivity index (χ1n) is 7.84. The van der Waals surface area contributed by atoms with E-state index in [-0.39, 0.29) is 6.10 Å². The van der Waals surface area contributed by atoms with E-state index in [0.29, 0.717) is 0 Å². The van der Waals surface area contributed by atoms with Crippen LogP contribution < -0.4 is 0 Å². The number of hydrogen-bond acceptors (Lipinski definition) is 3. The molecule has 1 saturated carbocycles. The monoisotopic (exact) mass is 289 g/mol. The third-order valence-corrected chi connectivity index (χ3v) is 4.90. The highest BCUT2D eigenvalue weighted by molar-refractivity contribution is 7.18. The Balaban J connectivity index is 0.000000581. The molecule has 1 unspecified atom stereocenters. The van der Waals surface area contributed by atoms with Gasteiger partial charge in [0.1, 0.15) is 0 Å². The number of aryl methyl sites for hydroxylation is 1. The molecule has 1 aliphatic carbocycles. The lowest BCUT2D eigenvalue weighted by Gasteiger charge is -2.12. The molecule has 0 bridgehead atoms. The standard InChI is InChI=1S/C15H17NOS.C2H6/c1-9-16-15-12(13-3-2-6-17-13)7-11(10-4-5-10)8-14(15)18-9;1-2/h7-8,10,13H,2-6H2,1H3;1-2H3. The molecule has 1 aromatic heterocycles. The first kappa shape index (κ1) is 14.0. The minimum absolute atomic E-state index is 0.285. The van der Waals surface area contributed by atoms with Crippen LogP contribution in [0.1, 0.15) is 67.7 Å². The van der Waals surface area contributed by atoms with Gasteiger partial charge >= 0.3 is 0 Å². The van der Waals surface area contributed by atoms with Crippen molar-refractivity contribution < 1.29 is 4.74 Å². The van der Waals surface area contributed by atoms with Crippen LogP contribution in [0.3, 0.4) is 0 Å². The highest BCUT2D eigenvalue weighted by Crippen LogP contribution is 2.44. The van der Waals surface area contributed by atoms with Crippen molar-refractivity contribution in [1.29, 1.82) is 0 Å². The van der Waals surface area contributed by atoms with Crippen LogP contribution in [0.2, 0.25) is 0 Å². The van der Waals surface area contributed by atoms with Crippen molar-refractivity contribution in [1.82, 2.24) is 4.98 Å². The number of aromatic nitrogens is 1. The topological polar surface area (TPSA) is 22.1 Å². The number of hydrogen-bond donors (Lipinski definition) is 0. The SMILES string of the molecule is CC.Cc1nc2c(C3CCCO3)cc(C3CC3)cc2s1. The predicted octanol–water partition coefficient (Wildman–Crippen LogP) is 5.36. The van der Waals surface area contributed by atoms with Gasteiger partial charge in [-0.25, -0.2) is 4.98 Å². The molecule has 2 fully saturated rings. The van der Waals surface area contributed by atoms with E-state index in [0.717, 1.165) is 24.0 Å². The second-order valence-corrected chi connectivity index (χ2v) is 6.70. The summed E-state index contributed by atoms with van der Waals surface area (Å²) in [5.41, 5.74) is 4.04. The molecule has 2 nitrogen and oxygen atoms in total. The molecular weight excluding hydrogens is 266 g/mol. The second kappa shape index (κ2) is 5.82. The zero-order valence-corrected chi connectivity index (χ0v) is 13.4. The van der Waals surface area contributed by atoms with Crippen LogP contribution in [0.25, 0.3) is 10.2 Å². The van der Waals surface area contributed by atoms with Gasteiger partial charge in [0.05, 0.1) is 21.3 Å². The van der Waals surface area contributed by atoms with Crippen molar-refractivity contribution in [2.75, 3.05) is 6.61 Å². The number of benzene rings is 1. The van der Waals surface area contributed by atoms with Crippen molar-refractivity contribution in [2.24, 2.45) is 0 Å².